The van der Waals surface area contributed by atoms with Crippen molar-refractivity contribution in [2.24, 2.45) is 5.73 Å². The fraction of sp³-hybridized carbons (Fsp3) is 0.154. The number of hydrogen-bond acceptors (Lipinski definition) is 4. The molecule has 0 atom stereocenters. The van der Waals surface area contributed by atoms with E-state index in [2.05, 4.69) is 20.9 Å². The monoisotopic (exact) mass is 337 g/mol. The van der Waals surface area contributed by atoms with Gasteiger partial charge in [0.25, 0.3) is 0 Å². The van der Waals surface area contributed by atoms with E-state index >= 15 is 0 Å². The SMILES string of the molecule is Cc1ccc(Oc2nc3sccn3c2CN)c(Br)c1. The fourth-order valence-electron chi connectivity index (χ4n) is 1.87. The maximum absolute atomic E-state index is 5.88. The first-order valence-electron chi connectivity index (χ1n) is 5.77. The third-order valence-corrected chi connectivity index (χ3v) is 4.19. The molecule has 2 aromatic heterocycles. The first kappa shape index (κ1) is 12.7. The van der Waals surface area contributed by atoms with Crippen molar-refractivity contribution >= 4 is 32.2 Å². The molecule has 0 aliphatic heterocycles. The molecular weight excluding hydrogens is 326 g/mol. The van der Waals surface area contributed by atoms with Crippen molar-refractivity contribution in [2.75, 3.05) is 0 Å². The number of aryl methyl sites for hydroxylation is 1. The molecule has 0 aliphatic carbocycles. The zero-order valence-corrected chi connectivity index (χ0v) is 12.7. The molecular formula is C13H12BrN3OS. The molecule has 19 heavy (non-hydrogen) atoms. The second-order valence-electron chi connectivity index (χ2n) is 4.16. The molecule has 0 spiro atoms. The van der Waals surface area contributed by atoms with Gasteiger partial charge in [0.05, 0.1) is 4.47 Å². The highest BCUT2D eigenvalue weighted by atomic mass is 79.9. The highest BCUT2D eigenvalue weighted by Gasteiger charge is 2.14. The van der Waals surface area contributed by atoms with E-state index in [9.17, 15) is 0 Å². The average molecular weight is 338 g/mol. The van der Waals surface area contributed by atoms with E-state index in [4.69, 9.17) is 10.5 Å². The molecule has 3 rings (SSSR count). The lowest BCUT2D eigenvalue weighted by Gasteiger charge is -2.07. The molecule has 98 valence electrons. The minimum Gasteiger partial charge on any atom is -0.436 e. The number of nitrogens with zero attached hydrogens (tertiary/aromatic N) is 2. The van der Waals surface area contributed by atoms with Crippen LogP contribution in [0.4, 0.5) is 0 Å². The summed E-state index contributed by atoms with van der Waals surface area (Å²) in [5.41, 5.74) is 7.84. The summed E-state index contributed by atoms with van der Waals surface area (Å²) in [5, 5.41) is 1.98. The lowest BCUT2D eigenvalue weighted by atomic mass is 10.2. The van der Waals surface area contributed by atoms with Crippen LogP contribution in [0.25, 0.3) is 4.96 Å². The third-order valence-electron chi connectivity index (χ3n) is 2.81. The van der Waals surface area contributed by atoms with Crippen molar-refractivity contribution in [3.63, 3.8) is 0 Å². The summed E-state index contributed by atoms with van der Waals surface area (Å²) < 4.78 is 8.75. The average Bonchev–Trinajstić information content (AvgIpc) is 2.92. The number of ether oxygens (including phenoxy) is 1. The van der Waals surface area contributed by atoms with Gasteiger partial charge in [0, 0.05) is 18.1 Å². The molecule has 6 heteroatoms. The minimum atomic E-state index is 0.386. The van der Waals surface area contributed by atoms with Crippen molar-refractivity contribution in [1.29, 1.82) is 0 Å². The third kappa shape index (κ3) is 2.27. The Morgan fingerprint density at radius 2 is 2.32 bits per heavy atom. The highest BCUT2D eigenvalue weighted by molar-refractivity contribution is 9.10. The Balaban J connectivity index is 2.02. The van der Waals surface area contributed by atoms with Crippen LogP contribution in [0.1, 0.15) is 11.3 Å². The molecule has 1 aromatic carbocycles. The summed E-state index contributed by atoms with van der Waals surface area (Å²) in [6.07, 6.45) is 1.95. The summed E-state index contributed by atoms with van der Waals surface area (Å²) in [7, 11) is 0. The van der Waals surface area contributed by atoms with Crippen LogP contribution in [0.5, 0.6) is 11.6 Å². The lowest BCUT2D eigenvalue weighted by molar-refractivity contribution is 0.456. The molecule has 3 aromatic rings. The summed E-state index contributed by atoms with van der Waals surface area (Å²) in [6, 6.07) is 5.93. The van der Waals surface area contributed by atoms with Crippen LogP contribution in [-0.2, 0) is 6.54 Å². The van der Waals surface area contributed by atoms with Crippen molar-refractivity contribution in [3.8, 4) is 11.6 Å². The number of fused-ring (bicyclic) bond motifs is 1. The Morgan fingerprint density at radius 3 is 3.05 bits per heavy atom. The van der Waals surface area contributed by atoms with Crippen LogP contribution in [0.3, 0.4) is 0 Å². The normalized spacial score (nSPS) is 11.1. The number of benzene rings is 1. The van der Waals surface area contributed by atoms with Gasteiger partial charge in [0.2, 0.25) is 5.88 Å². The van der Waals surface area contributed by atoms with E-state index in [0.29, 0.717) is 12.4 Å². The van der Waals surface area contributed by atoms with Gasteiger partial charge >= 0.3 is 0 Å². The Morgan fingerprint density at radius 1 is 1.47 bits per heavy atom. The minimum absolute atomic E-state index is 0.386. The number of rotatable bonds is 3. The van der Waals surface area contributed by atoms with Gasteiger partial charge in [-0.05, 0) is 40.5 Å². The van der Waals surface area contributed by atoms with Crippen LogP contribution >= 0.6 is 27.3 Å². The van der Waals surface area contributed by atoms with E-state index < -0.39 is 0 Å². The van der Waals surface area contributed by atoms with Crippen molar-refractivity contribution in [1.82, 2.24) is 9.38 Å². The van der Waals surface area contributed by atoms with Crippen LogP contribution < -0.4 is 10.5 Å². The maximum atomic E-state index is 5.88. The van der Waals surface area contributed by atoms with Crippen LogP contribution in [0.2, 0.25) is 0 Å². The first-order chi connectivity index (χ1) is 9.19. The topological polar surface area (TPSA) is 52.5 Å². The largest absolute Gasteiger partial charge is 0.436 e. The van der Waals surface area contributed by atoms with Crippen molar-refractivity contribution in [2.45, 2.75) is 13.5 Å². The van der Waals surface area contributed by atoms with E-state index in [-0.39, 0.29) is 0 Å². The zero-order chi connectivity index (χ0) is 13.4. The lowest BCUT2D eigenvalue weighted by Crippen LogP contribution is -2.01. The quantitative estimate of drug-likeness (QED) is 0.792. The molecule has 0 fully saturated rings. The van der Waals surface area contributed by atoms with Gasteiger partial charge in [-0.2, -0.15) is 4.98 Å². The van der Waals surface area contributed by atoms with Crippen LogP contribution in [-0.4, -0.2) is 9.38 Å². The Bertz CT molecular complexity index is 735. The van der Waals surface area contributed by atoms with Gasteiger partial charge in [-0.25, -0.2) is 0 Å². The van der Waals surface area contributed by atoms with E-state index in [1.807, 2.05) is 41.1 Å². The van der Waals surface area contributed by atoms with E-state index in [1.54, 1.807) is 11.3 Å². The number of imidazole rings is 1. The molecule has 0 amide bonds. The predicted octanol–water partition coefficient (Wildman–Crippen LogP) is 3.72. The fourth-order valence-corrected chi connectivity index (χ4v) is 3.17. The molecule has 0 saturated heterocycles. The number of hydrogen-bond donors (Lipinski definition) is 1. The van der Waals surface area contributed by atoms with Gasteiger partial charge in [0.15, 0.2) is 4.96 Å². The van der Waals surface area contributed by atoms with Gasteiger partial charge < -0.3 is 10.5 Å². The summed E-state index contributed by atoms with van der Waals surface area (Å²) in [4.78, 5) is 5.35. The van der Waals surface area contributed by atoms with Gasteiger partial charge in [0.1, 0.15) is 11.4 Å². The van der Waals surface area contributed by atoms with E-state index in [0.717, 1.165) is 20.9 Å². The molecule has 0 radical (unpaired) electrons. The van der Waals surface area contributed by atoms with Gasteiger partial charge in [-0.1, -0.05) is 6.07 Å². The Labute approximate surface area is 123 Å². The molecule has 2 heterocycles. The standard InChI is InChI=1S/C13H12BrN3OS/c1-8-2-3-11(9(14)6-8)18-12-10(7-15)17-4-5-19-13(17)16-12/h2-6H,7,15H2,1H3. The van der Waals surface area contributed by atoms with Crippen LogP contribution in [0.15, 0.2) is 34.2 Å². The number of nitrogens with two attached hydrogens (primary N) is 1. The number of halogens is 1. The second-order valence-corrected chi connectivity index (χ2v) is 5.89. The molecule has 0 aliphatic rings. The van der Waals surface area contributed by atoms with E-state index in [1.165, 1.54) is 5.56 Å². The van der Waals surface area contributed by atoms with Crippen LogP contribution in [0, 0.1) is 6.92 Å². The summed E-state index contributed by atoms with van der Waals surface area (Å²) >= 11 is 5.06. The summed E-state index contributed by atoms with van der Waals surface area (Å²) in [5.74, 6) is 1.31. The molecule has 4 nitrogen and oxygen atoms in total. The number of aromatic nitrogens is 2. The maximum Gasteiger partial charge on any atom is 0.243 e. The van der Waals surface area contributed by atoms with Gasteiger partial charge in [-0.15, -0.1) is 11.3 Å². The van der Waals surface area contributed by atoms with Gasteiger partial charge in [-0.3, -0.25) is 4.40 Å². The Kier molecular flexibility index (Phi) is 3.30. The van der Waals surface area contributed by atoms with Crippen molar-refractivity contribution < 1.29 is 4.74 Å². The molecule has 0 unspecified atom stereocenters. The molecule has 2 N–H and O–H groups in total. The first-order valence-corrected chi connectivity index (χ1v) is 7.45. The second kappa shape index (κ2) is 4.96. The molecule has 0 saturated carbocycles. The molecule has 0 bridgehead atoms. The Hall–Kier alpha value is -1.37. The van der Waals surface area contributed by atoms with Crippen molar-refractivity contribution in [3.05, 3.63) is 45.5 Å². The summed E-state index contributed by atoms with van der Waals surface area (Å²) in [6.45, 7) is 2.42. The number of thiazole rings is 1. The smallest absolute Gasteiger partial charge is 0.243 e. The zero-order valence-electron chi connectivity index (χ0n) is 10.3. The predicted molar refractivity (Wildman–Crippen MR) is 79.9 cm³/mol. The highest BCUT2D eigenvalue weighted by Crippen LogP contribution is 2.32.